The van der Waals surface area contributed by atoms with Gasteiger partial charge in [0.15, 0.2) is 5.96 Å². The summed E-state index contributed by atoms with van der Waals surface area (Å²) < 4.78 is 0. The molecule has 1 aliphatic carbocycles. The average Bonchev–Trinajstić information content (AvgIpc) is 2.99. The Morgan fingerprint density at radius 1 is 1.13 bits per heavy atom. The van der Waals surface area contributed by atoms with E-state index in [1.54, 1.807) is 0 Å². The average molecular weight is 321 g/mol. The van der Waals surface area contributed by atoms with E-state index in [4.69, 9.17) is 0 Å². The van der Waals surface area contributed by atoms with E-state index in [9.17, 15) is 0 Å². The molecule has 3 fully saturated rings. The van der Waals surface area contributed by atoms with Crippen molar-refractivity contribution in [3.05, 3.63) is 0 Å². The van der Waals surface area contributed by atoms with Gasteiger partial charge in [0.1, 0.15) is 0 Å². The predicted octanol–water partition coefficient (Wildman–Crippen LogP) is 2.95. The van der Waals surface area contributed by atoms with Crippen molar-refractivity contribution in [1.29, 1.82) is 0 Å². The fraction of sp³-hybridized carbons (Fsp3) is 0.947. The summed E-state index contributed by atoms with van der Waals surface area (Å²) in [6.07, 6.45) is 11.3. The van der Waals surface area contributed by atoms with Gasteiger partial charge in [-0.05, 0) is 56.5 Å². The minimum Gasteiger partial charge on any atom is -0.356 e. The lowest BCUT2D eigenvalue weighted by molar-refractivity contribution is 0.182. The third-order valence-corrected chi connectivity index (χ3v) is 6.46. The Bertz CT molecular complexity index is 400. The highest BCUT2D eigenvalue weighted by Crippen LogP contribution is 2.43. The summed E-state index contributed by atoms with van der Waals surface area (Å²) in [5, 5.41) is 3.70. The molecule has 1 unspecified atom stereocenters. The van der Waals surface area contributed by atoms with E-state index in [1.807, 2.05) is 7.05 Å². The Kier molecular flexibility index (Phi) is 5.84. The number of hydrogen-bond acceptors (Lipinski definition) is 2. The molecule has 0 aromatic rings. The summed E-state index contributed by atoms with van der Waals surface area (Å²) in [6.45, 7) is 9.54. The summed E-state index contributed by atoms with van der Waals surface area (Å²) in [5.74, 6) is 1.94. The van der Waals surface area contributed by atoms with E-state index in [0.29, 0.717) is 5.41 Å². The molecule has 0 radical (unpaired) electrons. The van der Waals surface area contributed by atoms with Crippen LogP contribution in [-0.2, 0) is 0 Å². The van der Waals surface area contributed by atoms with Gasteiger partial charge in [-0.25, -0.2) is 0 Å². The maximum absolute atomic E-state index is 4.59. The number of nitrogens with one attached hydrogen (secondary N) is 1. The second kappa shape index (κ2) is 7.87. The van der Waals surface area contributed by atoms with Gasteiger partial charge in [0.2, 0.25) is 0 Å². The van der Waals surface area contributed by atoms with Gasteiger partial charge in [-0.1, -0.05) is 26.2 Å². The topological polar surface area (TPSA) is 30.9 Å². The molecule has 2 heterocycles. The zero-order chi connectivity index (χ0) is 16.1. The standard InChI is InChI=1S/C19H36N4/c1-3-22-12-7-8-17(15-22)14-21-18(20-2)23-13-11-19(16-23)9-5-4-6-10-19/h17H,3-16H2,1-2H3,(H,20,21). The van der Waals surface area contributed by atoms with Crippen LogP contribution in [0.3, 0.4) is 0 Å². The van der Waals surface area contributed by atoms with Crippen LogP contribution < -0.4 is 5.32 Å². The molecule has 0 bridgehead atoms. The number of hydrogen-bond donors (Lipinski definition) is 1. The molecule has 0 aromatic carbocycles. The highest BCUT2D eigenvalue weighted by Gasteiger charge is 2.39. The van der Waals surface area contributed by atoms with Crippen molar-refractivity contribution in [2.24, 2.45) is 16.3 Å². The van der Waals surface area contributed by atoms with Crippen molar-refractivity contribution in [3.63, 3.8) is 0 Å². The summed E-state index contributed by atoms with van der Waals surface area (Å²) in [7, 11) is 1.95. The Morgan fingerprint density at radius 3 is 2.70 bits per heavy atom. The monoisotopic (exact) mass is 320 g/mol. The molecule has 1 N–H and O–H groups in total. The molecule has 1 spiro atoms. The Morgan fingerprint density at radius 2 is 1.96 bits per heavy atom. The molecule has 23 heavy (non-hydrogen) atoms. The first-order valence-electron chi connectivity index (χ1n) is 9.93. The van der Waals surface area contributed by atoms with Crippen molar-refractivity contribution in [2.75, 3.05) is 46.3 Å². The second-order valence-corrected chi connectivity index (χ2v) is 8.06. The lowest BCUT2D eigenvalue weighted by Gasteiger charge is -2.34. The lowest BCUT2D eigenvalue weighted by atomic mass is 9.73. The van der Waals surface area contributed by atoms with E-state index in [1.165, 1.54) is 84.1 Å². The van der Waals surface area contributed by atoms with Crippen molar-refractivity contribution in [1.82, 2.24) is 15.1 Å². The predicted molar refractivity (Wildman–Crippen MR) is 97.9 cm³/mol. The normalized spacial score (nSPS) is 29.2. The molecule has 132 valence electrons. The van der Waals surface area contributed by atoms with Gasteiger partial charge in [-0.15, -0.1) is 0 Å². The Hall–Kier alpha value is -0.770. The van der Waals surface area contributed by atoms with Crippen LogP contribution >= 0.6 is 0 Å². The molecule has 3 rings (SSSR count). The molecule has 1 saturated carbocycles. The second-order valence-electron chi connectivity index (χ2n) is 8.06. The van der Waals surface area contributed by atoms with Crippen molar-refractivity contribution in [2.45, 2.75) is 58.3 Å². The first-order valence-corrected chi connectivity index (χ1v) is 9.93. The molecule has 0 aromatic heterocycles. The van der Waals surface area contributed by atoms with E-state index < -0.39 is 0 Å². The van der Waals surface area contributed by atoms with E-state index in [0.717, 1.165) is 18.4 Å². The molecule has 4 nitrogen and oxygen atoms in total. The number of aliphatic imine (C=N–C) groups is 1. The largest absolute Gasteiger partial charge is 0.356 e. The van der Waals surface area contributed by atoms with Crippen LogP contribution in [0, 0.1) is 11.3 Å². The van der Waals surface area contributed by atoms with Crippen LogP contribution in [-0.4, -0.2) is 62.1 Å². The molecular formula is C19H36N4. The summed E-state index contributed by atoms with van der Waals surface area (Å²) in [6, 6.07) is 0. The number of rotatable bonds is 3. The number of guanidine groups is 1. The maximum atomic E-state index is 4.59. The molecule has 1 atom stereocenters. The van der Waals surface area contributed by atoms with Crippen LogP contribution in [0.4, 0.5) is 0 Å². The van der Waals surface area contributed by atoms with Crippen molar-refractivity contribution in [3.8, 4) is 0 Å². The smallest absolute Gasteiger partial charge is 0.193 e. The lowest BCUT2D eigenvalue weighted by Crippen LogP contribution is -2.46. The number of nitrogens with zero attached hydrogens (tertiary/aromatic N) is 3. The fourth-order valence-electron chi connectivity index (χ4n) is 5.00. The van der Waals surface area contributed by atoms with Gasteiger partial charge in [-0.2, -0.15) is 0 Å². The molecular weight excluding hydrogens is 284 g/mol. The zero-order valence-corrected chi connectivity index (χ0v) is 15.3. The van der Waals surface area contributed by atoms with Gasteiger partial charge in [-0.3, -0.25) is 4.99 Å². The molecule has 2 aliphatic heterocycles. The molecule has 4 heteroatoms. The Labute approximate surface area is 142 Å². The molecule has 0 amide bonds. The summed E-state index contributed by atoms with van der Waals surface area (Å²) >= 11 is 0. The number of likely N-dealkylation sites (tertiary alicyclic amines) is 2. The van der Waals surface area contributed by atoms with Crippen LogP contribution in [0.15, 0.2) is 4.99 Å². The minimum absolute atomic E-state index is 0.611. The van der Waals surface area contributed by atoms with Gasteiger partial charge in [0.25, 0.3) is 0 Å². The third kappa shape index (κ3) is 4.20. The third-order valence-electron chi connectivity index (χ3n) is 6.46. The van der Waals surface area contributed by atoms with Gasteiger partial charge < -0.3 is 15.1 Å². The van der Waals surface area contributed by atoms with Crippen LogP contribution in [0.5, 0.6) is 0 Å². The van der Waals surface area contributed by atoms with Crippen molar-refractivity contribution < 1.29 is 0 Å². The fourth-order valence-corrected chi connectivity index (χ4v) is 5.00. The maximum Gasteiger partial charge on any atom is 0.193 e. The Balaban J connectivity index is 1.48. The zero-order valence-electron chi connectivity index (χ0n) is 15.3. The van der Waals surface area contributed by atoms with Crippen LogP contribution in [0.1, 0.15) is 58.3 Å². The summed E-state index contributed by atoms with van der Waals surface area (Å²) in [4.78, 5) is 9.71. The van der Waals surface area contributed by atoms with E-state index >= 15 is 0 Å². The minimum atomic E-state index is 0.611. The first-order chi connectivity index (χ1) is 11.2. The molecule has 2 saturated heterocycles. The van der Waals surface area contributed by atoms with Crippen LogP contribution in [0.2, 0.25) is 0 Å². The van der Waals surface area contributed by atoms with Gasteiger partial charge >= 0.3 is 0 Å². The van der Waals surface area contributed by atoms with E-state index in [2.05, 4.69) is 27.0 Å². The van der Waals surface area contributed by atoms with Crippen molar-refractivity contribution >= 4 is 5.96 Å². The van der Waals surface area contributed by atoms with Crippen LogP contribution in [0.25, 0.3) is 0 Å². The summed E-state index contributed by atoms with van der Waals surface area (Å²) in [5.41, 5.74) is 0.611. The highest BCUT2D eigenvalue weighted by atomic mass is 15.3. The number of piperidine rings is 1. The van der Waals surface area contributed by atoms with Gasteiger partial charge in [0.05, 0.1) is 0 Å². The van der Waals surface area contributed by atoms with Gasteiger partial charge in [0, 0.05) is 33.2 Å². The van der Waals surface area contributed by atoms with E-state index in [-0.39, 0.29) is 0 Å². The first kappa shape index (κ1) is 17.1. The molecule has 3 aliphatic rings. The highest BCUT2D eigenvalue weighted by molar-refractivity contribution is 5.80. The quantitative estimate of drug-likeness (QED) is 0.641. The SMILES string of the molecule is CCN1CCCC(CNC(=NC)N2CCC3(CCCCC3)C2)C1.